The van der Waals surface area contributed by atoms with E-state index in [1.807, 2.05) is 12.1 Å². The lowest BCUT2D eigenvalue weighted by Gasteiger charge is -2.24. The molecule has 0 bridgehead atoms. The Morgan fingerprint density at radius 2 is 2.09 bits per heavy atom. The molecule has 22 heavy (non-hydrogen) atoms. The first-order valence-corrected chi connectivity index (χ1v) is 8.36. The van der Waals surface area contributed by atoms with Gasteiger partial charge in [-0.25, -0.2) is 0 Å². The SMILES string of the molecule is COc1ccc(C(=O)C(C)CN2CCNC2)c2c1CCCC2. The molecule has 0 spiro atoms. The smallest absolute Gasteiger partial charge is 0.167 e. The van der Waals surface area contributed by atoms with Gasteiger partial charge in [0.05, 0.1) is 7.11 Å². The van der Waals surface area contributed by atoms with Gasteiger partial charge in [-0.2, -0.15) is 0 Å². The van der Waals surface area contributed by atoms with Gasteiger partial charge in [-0.05, 0) is 48.9 Å². The summed E-state index contributed by atoms with van der Waals surface area (Å²) in [6, 6.07) is 3.95. The van der Waals surface area contributed by atoms with Gasteiger partial charge >= 0.3 is 0 Å². The predicted octanol–water partition coefficient (Wildman–Crippen LogP) is 2.26. The number of ketones is 1. The van der Waals surface area contributed by atoms with E-state index in [2.05, 4.69) is 17.1 Å². The van der Waals surface area contributed by atoms with Gasteiger partial charge in [-0.3, -0.25) is 9.69 Å². The van der Waals surface area contributed by atoms with Crippen LogP contribution in [0, 0.1) is 5.92 Å². The topological polar surface area (TPSA) is 41.6 Å². The molecule has 1 aromatic carbocycles. The number of ether oxygens (including phenoxy) is 1. The minimum Gasteiger partial charge on any atom is -0.496 e. The van der Waals surface area contributed by atoms with Crippen molar-refractivity contribution in [2.75, 3.05) is 33.4 Å². The largest absolute Gasteiger partial charge is 0.496 e. The number of hydrogen-bond acceptors (Lipinski definition) is 4. The Hall–Kier alpha value is -1.39. The van der Waals surface area contributed by atoms with E-state index >= 15 is 0 Å². The molecule has 120 valence electrons. The molecule has 1 aromatic rings. The molecule has 1 fully saturated rings. The molecule has 4 nitrogen and oxygen atoms in total. The second-order valence-corrected chi connectivity index (χ2v) is 6.48. The zero-order valence-electron chi connectivity index (χ0n) is 13.7. The van der Waals surface area contributed by atoms with E-state index in [4.69, 9.17) is 4.74 Å². The number of nitrogens with zero attached hydrogens (tertiary/aromatic N) is 1. The Labute approximate surface area is 132 Å². The van der Waals surface area contributed by atoms with E-state index in [1.165, 1.54) is 24.0 Å². The summed E-state index contributed by atoms with van der Waals surface area (Å²) < 4.78 is 5.49. The molecule has 3 rings (SSSR count). The number of fused-ring (bicyclic) bond motifs is 1. The Balaban J connectivity index is 1.82. The highest BCUT2D eigenvalue weighted by Gasteiger charge is 2.25. The first-order valence-electron chi connectivity index (χ1n) is 8.36. The van der Waals surface area contributed by atoms with Gasteiger partial charge in [0.15, 0.2) is 5.78 Å². The summed E-state index contributed by atoms with van der Waals surface area (Å²) in [5.74, 6) is 1.27. The third kappa shape index (κ3) is 3.03. The van der Waals surface area contributed by atoms with Crippen LogP contribution in [-0.2, 0) is 12.8 Å². The lowest BCUT2D eigenvalue weighted by Crippen LogP contribution is -2.31. The minimum absolute atomic E-state index is 0.0410. The lowest BCUT2D eigenvalue weighted by molar-refractivity contribution is 0.0901. The van der Waals surface area contributed by atoms with E-state index in [1.54, 1.807) is 7.11 Å². The van der Waals surface area contributed by atoms with Crippen LogP contribution in [0.1, 0.15) is 41.3 Å². The molecule has 4 heteroatoms. The molecule has 1 saturated heterocycles. The number of benzene rings is 1. The summed E-state index contributed by atoms with van der Waals surface area (Å²) in [6.07, 6.45) is 4.40. The van der Waals surface area contributed by atoms with Gasteiger partial charge in [0.1, 0.15) is 5.75 Å². The van der Waals surface area contributed by atoms with Crippen molar-refractivity contribution in [1.29, 1.82) is 0 Å². The van der Waals surface area contributed by atoms with Crippen molar-refractivity contribution in [3.05, 3.63) is 28.8 Å². The molecule has 1 N–H and O–H groups in total. The summed E-state index contributed by atoms with van der Waals surface area (Å²) >= 11 is 0. The standard InChI is InChI=1S/C18H26N2O2/c1-13(11-20-10-9-19-12-20)18(21)16-7-8-17(22-2)15-6-4-3-5-14(15)16/h7-8,13,19H,3-6,9-12H2,1-2H3. The van der Waals surface area contributed by atoms with Crippen molar-refractivity contribution < 1.29 is 9.53 Å². The lowest BCUT2D eigenvalue weighted by atomic mass is 9.84. The zero-order chi connectivity index (χ0) is 15.5. The summed E-state index contributed by atoms with van der Waals surface area (Å²) in [5.41, 5.74) is 3.42. The van der Waals surface area contributed by atoms with E-state index in [9.17, 15) is 4.79 Å². The molecule has 1 aliphatic carbocycles. The van der Waals surface area contributed by atoms with Gasteiger partial charge in [-0.1, -0.05) is 6.92 Å². The number of nitrogens with one attached hydrogen (secondary N) is 1. The third-order valence-corrected chi connectivity index (χ3v) is 4.90. The normalized spacial score (nSPS) is 19.7. The Morgan fingerprint density at radius 3 is 2.77 bits per heavy atom. The fraction of sp³-hybridized carbons (Fsp3) is 0.611. The second kappa shape index (κ2) is 6.80. The maximum absolute atomic E-state index is 12.9. The highest BCUT2D eigenvalue weighted by atomic mass is 16.5. The first kappa shape index (κ1) is 15.5. The average molecular weight is 302 g/mol. The van der Waals surface area contributed by atoms with E-state index < -0.39 is 0 Å². The maximum Gasteiger partial charge on any atom is 0.167 e. The van der Waals surface area contributed by atoms with E-state index in [-0.39, 0.29) is 11.7 Å². The van der Waals surface area contributed by atoms with Gasteiger partial charge in [0, 0.05) is 37.8 Å². The van der Waals surface area contributed by atoms with Gasteiger partial charge in [-0.15, -0.1) is 0 Å². The summed E-state index contributed by atoms with van der Waals surface area (Å²) in [5, 5.41) is 3.32. The Kier molecular flexibility index (Phi) is 4.79. The van der Waals surface area contributed by atoms with Crippen LogP contribution in [0.15, 0.2) is 12.1 Å². The van der Waals surface area contributed by atoms with Crippen molar-refractivity contribution >= 4 is 5.78 Å². The van der Waals surface area contributed by atoms with Crippen molar-refractivity contribution in [2.24, 2.45) is 5.92 Å². The molecule has 1 heterocycles. The molecule has 1 unspecified atom stereocenters. The highest BCUT2D eigenvalue weighted by Crippen LogP contribution is 2.33. The van der Waals surface area contributed by atoms with Crippen LogP contribution in [-0.4, -0.2) is 44.1 Å². The number of hydrogen-bond donors (Lipinski definition) is 1. The van der Waals surface area contributed by atoms with Crippen LogP contribution in [0.2, 0.25) is 0 Å². The monoisotopic (exact) mass is 302 g/mol. The van der Waals surface area contributed by atoms with Gasteiger partial charge in [0.2, 0.25) is 0 Å². The molecule has 0 aromatic heterocycles. The number of carbonyl (C=O) groups excluding carboxylic acids is 1. The summed E-state index contributed by atoms with van der Waals surface area (Å²) in [6.45, 7) is 5.86. The quantitative estimate of drug-likeness (QED) is 0.847. The van der Waals surface area contributed by atoms with Gasteiger partial charge < -0.3 is 10.1 Å². The van der Waals surface area contributed by atoms with Crippen LogP contribution in [0.5, 0.6) is 5.75 Å². The van der Waals surface area contributed by atoms with Crippen LogP contribution in [0.25, 0.3) is 0 Å². The molecule has 0 radical (unpaired) electrons. The van der Waals surface area contributed by atoms with Crippen LogP contribution in [0.3, 0.4) is 0 Å². The number of Topliss-reactive ketones (excluding diaryl/α,β-unsaturated/α-hetero) is 1. The number of rotatable bonds is 5. The van der Waals surface area contributed by atoms with Crippen LogP contribution < -0.4 is 10.1 Å². The molecule has 1 atom stereocenters. The second-order valence-electron chi connectivity index (χ2n) is 6.48. The van der Waals surface area contributed by atoms with Crippen molar-refractivity contribution in [3.8, 4) is 5.75 Å². The Morgan fingerprint density at radius 1 is 1.32 bits per heavy atom. The first-order chi connectivity index (χ1) is 10.7. The molecule has 1 aliphatic heterocycles. The fourth-order valence-electron chi connectivity index (χ4n) is 3.70. The summed E-state index contributed by atoms with van der Waals surface area (Å²) in [4.78, 5) is 15.2. The van der Waals surface area contributed by atoms with Crippen molar-refractivity contribution in [3.63, 3.8) is 0 Å². The Bertz CT molecular complexity index is 550. The third-order valence-electron chi connectivity index (χ3n) is 4.90. The van der Waals surface area contributed by atoms with Crippen molar-refractivity contribution in [1.82, 2.24) is 10.2 Å². The van der Waals surface area contributed by atoms with E-state index in [0.29, 0.717) is 0 Å². The molecule has 0 saturated carbocycles. The molecule has 2 aliphatic rings. The number of carbonyl (C=O) groups is 1. The summed E-state index contributed by atoms with van der Waals surface area (Å²) in [7, 11) is 1.72. The maximum atomic E-state index is 12.9. The predicted molar refractivity (Wildman–Crippen MR) is 87.6 cm³/mol. The number of methoxy groups -OCH3 is 1. The minimum atomic E-state index is 0.0410. The average Bonchev–Trinajstić information content (AvgIpc) is 3.06. The van der Waals surface area contributed by atoms with Crippen molar-refractivity contribution in [2.45, 2.75) is 32.6 Å². The highest BCUT2D eigenvalue weighted by molar-refractivity contribution is 5.99. The van der Waals surface area contributed by atoms with E-state index in [0.717, 1.165) is 50.5 Å². The van der Waals surface area contributed by atoms with Crippen LogP contribution in [0.4, 0.5) is 0 Å². The molecule has 0 amide bonds. The molecular formula is C18H26N2O2. The fourth-order valence-corrected chi connectivity index (χ4v) is 3.70. The zero-order valence-corrected chi connectivity index (χ0v) is 13.7. The van der Waals surface area contributed by atoms with Gasteiger partial charge in [0.25, 0.3) is 0 Å². The van der Waals surface area contributed by atoms with Crippen LogP contribution >= 0.6 is 0 Å². The molecular weight excluding hydrogens is 276 g/mol.